The zero-order valence-corrected chi connectivity index (χ0v) is 11.5. The Hall–Kier alpha value is -1.55. The molecule has 4 heteroatoms. The highest BCUT2D eigenvalue weighted by molar-refractivity contribution is 5.87. The van der Waals surface area contributed by atoms with Gasteiger partial charge in [-0.25, -0.2) is 4.79 Å². The van der Waals surface area contributed by atoms with E-state index in [4.69, 9.17) is 5.73 Å². The summed E-state index contributed by atoms with van der Waals surface area (Å²) < 4.78 is 0. The molecule has 1 aliphatic rings. The first-order chi connectivity index (χ1) is 9.15. The van der Waals surface area contributed by atoms with Crippen LogP contribution in [0.5, 0.6) is 0 Å². The van der Waals surface area contributed by atoms with Crippen LogP contribution in [0.25, 0.3) is 0 Å². The zero-order valence-electron chi connectivity index (χ0n) is 11.5. The van der Waals surface area contributed by atoms with Crippen molar-refractivity contribution in [2.24, 2.45) is 11.7 Å². The molecule has 4 N–H and O–H groups in total. The summed E-state index contributed by atoms with van der Waals surface area (Å²) in [6.07, 6.45) is 5.51. The van der Waals surface area contributed by atoms with Crippen LogP contribution >= 0.6 is 0 Å². The fourth-order valence-electron chi connectivity index (χ4n) is 2.40. The van der Waals surface area contributed by atoms with Gasteiger partial charge in [0.2, 0.25) is 0 Å². The van der Waals surface area contributed by atoms with Crippen LogP contribution in [0.2, 0.25) is 0 Å². The van der Waals surface area contributed by atoms with Crippen LogP contribution < -0.4 is 16.4 Å². The van der Waals surface area contributed by atoms with Gasteiger partial charge < -0.3 is 16.4 Å². The van der Waals surface area contributed by atoms with Gasteiger partial charge in [-0.05, 0) is 43.5 Å². The number of urea groups is 1. The first kappa shape index (κ1) is 13.9. The third-order valence-electron chi connectivity index (χ3n) is 3.91. The van der Waals surface area contributed by atoms with E-state index >= 15 is 0 Å². The van der Waals surface area contributed by atoms with Gasteiger partial charge in [-0.2, -0.15) is 0 Å². The summed E-state index contributed by atoms with van der Waals surface area (Å²) >= 11 is 0. The average molecular weight is 261 g/mol. The maximum atomic E-state index is 10.7. The van der Waals surface area contributed by atoms with Crippen LogP contribution in [0, 0.1) is 5.92 Å². The molecule has 0 bridgehead atoms. The van der Waals surface area contributed by atoms with Crippen molar-refractivity contribution in [3.8, 4) is 0 Å². The molecule has 19 heavy (non-hydrogen) atoms. The lowest BCUT2D eigenvalue weighted by molar-refractivity contribution is 0.259. The van der Waals surface area contributed by atoms with Gasteiger partial charge in [-0.15, -0.1) is 0 Å². The van der Waals surface area contributed by atoms with Gasteiger partial charge in [-0.3, -0.25) is 0 Å². The predicted molar refractivity (Wildman–Crippen MR) is 78.0 cm³/mol. The van der Waals surface area contributed by atoms with Crippen LogP contribution in [0.3, 0.4) is 0 Å². The lowest BCUT2D eigenvalue weighted by atomic mass is 9.83. The number of hydrogen-bond acceptors (Lipinski definition) is 2. The molecule has 0 spiro atoms. The molecule has 0 aliphatic heterocycles. The number of primary amides is 1. The van der Waals surface area contributed by atoms with Crippen LogP contribution in [0.15, 0.2) is 24.3 Å². The molecule has 1 aliphatic carbocycles. The molecule has 0 heterocycles. The van der Waals surface area contributed by atoms with E-state index in [2.05, 4.69) is 17.6 Å². The molecule has 104 valence electrons. The van der Waals surface area contributed by atoms with Crippen LogP contribution in [-0.2, 0) is 0 Å². The molecule has 1 aromatic carbocycles. The van der Waals surface area contributed by atoms with Gasteiger partial charge in [0.1, 0.15) is 0 Å². The number of carbonyl (C=O) groups is 1. The Kier molecular flexibility index (Phi) is 4.80. The molecular formula is C15H23N3O. The van der Waals surface area contributed by atoms with Crippen molar-refractivity contribution < 1.29 is 4.79 Å². The smallest absolute Gasteiger partial charge is 0.316 e. The fourth-order valence-corrected chi connectivity index (χ4v) is 2.40. The Morgan fingerprint density at radius 2 is 2.05 bits per heavy atom. The van der Waals surface area contributed by atoms with E-state index in [9.17, 15) is 4.79 Å². The second-order valence-corrected chi connectivity index (χ2v) is 5.37. The minimum atomic E-state index is -0.528. The molecule has 1 fully saturated rings. The summed E-state index contributed by atoms with van der Waals surface area (Å²) in [5, 5.41) is 6.11. The molecule has 2 amide bonds. The lowest BCUT2D eigenvalue weighted by Gasteiger charge is -2.26. The molecule has 0 saturated heterocycles. The second kappa shape index (κ2) is 6.57. The number of amides is 2. The van der Waals surface area contributed by atoms with E-state index in [0.29, 0.717) is 6.04 Å². The lowest BCUT2D eigenvalue weighted by Crippen LogP contribution is -2.24. The van der Waals surface area contributed by atoms with E-state index in [-0.39, 0.29) is 0 Å². The van der Waals surface area contributed by atoms with E-state index in [1.165, 1.54) is 31.2 Å². The molecule has 4 nitrogen and oxygen atoms in total. The van der Waals surface area contributed by atoms with Crippen molar-refractivity contribution in [3.63, 3.8) is 0 Å². The number of nitrogens with one attached hydrogen (secondary N) is 2. The minimum absolute atomic E-state index is 0.336. The molecule has 1 unspecified atom stereocenters. The molecule has 2 rings (SSSR count). The summed E-state index contributed by atoms with van der Waals surface area (Å²) in [5.41, 5.74) is 7.03. The summed E-state index contributed by atoms with van der Waals surface area (Å²) in [6.45, 7) is 3.24. The maximum Gasteiger partial charge on any atom is 0.316 e. The number of hydrogen-bond donors (Lipinski definition) is 3. The standard InChI is InChI=1S/C15H23N3O/c1-11(17-10-9-12-3-2-4-12)13-5-7-14(8-6-13)18-15(16)19/h5-8,11-12,17H,2-4,9-10H2,1H3,(H3,16,18,19). The summed E-state index contributed by atoms with van der Waals surface area (Å²) in [7, 11) is 0. The number of rotatable bonds is 6. The zero-order chi connectivity index (χ0) is 13.7. The van der Waals surface area contributed by atoms with Crippen molar-refractivity contribution in [1.82, 2.24) is 5.32 Å². The topological polar surface area (TPSA) is 67.2 Å². The average Bonchev–Trinajstić information content (AvgIpc) is 2.32. The number of nitrogens with two attached hydrogens (primary N) is 1. The first-order valence-electron chi connectivity index (χ1n) is 7.05. The SMILES string of the molecule is CC(NCCC1CCC1)c1ccc(NC(N)=O)cc1. The Morgan fingerprint density at radius 3 is 2.58 bits per heavy atom. The Balaban J connectivity index is 1.77. The van der Waals surface area contributed by atoms with Crippen molar-refractivity contribution in [1.29, 1.82) is 0 Å². The monoisotopic (exact) mass is 261 g/mol. The summed E-state index contributed by atoms with van der Waals surface area (Å²) in [4.78, 5) is 10.7. The molecule has 1 saturated carbocycles. The van der Waals surface area contributed by atoms with Crippen LogP contribution in [-0.4, -0.2) is 12.6 Å². The summed E-state index contributed by atoms with van der Waals surface area (Å²) in [6, 6.07) is 7.61. The van der Waals surface area contributed by atoms with E-state index < -0.39 is 6.03 Å². The van der Waals surface area contributed by atoms with E-state index in [1.54, 1.807) is 0 Å². The van der Waals surface area contributed by atoms with Crippen LogP contribution in [0.4, 0.5) is 10.5 Å². The third kappa shape index (κ3) is 4.24. The molecule has 0 radical (unpaired) electrons. The van der Waals surface area contributed by atoms with E-state index in [0.717, 1.165) is 18.2 Å². The second-order valence-electron chi connectivity index (χ2n) is 5.37. The molecule has 1 atom stereocenters. The van der Waals surface area contributed by atoms with Gasteiger partial charge in [0.25, 0.3) is 0 Å². The van der Waals surface area contributed by atoms with Gasteiger partial charge in [0.15, 0.2) is 0 Å². The van der Waals surface area contributed by atoms with Gasteiger partial charge in [0, 0.05) is 11.7 Å². The highest BCUT2D eigenvalue weighted by Gasteiger charge is 2.16. The predicted octanol–water partition coefficient (Wildman–Crippen LogP) is 3.02. The molecule has 0 aromatic heterocycles. The quantitative estimate of drug-likeness (QED) is 0.737. The van der Waals surface area contributed by atoms with Crippen molar-refractivity contribution in [2.45, 2.75) is 38.6 Å². The minimum Gasteiger partial charge on any atom is -0.351 e. The van der Waals surface area contributed by atoms with E-state index in [1.807, 2.05) is 24.3 Å². The Bertz CT molecular complexity index is 412. The summed E-state index contributed by atoms with van der Waals surface area (Å²) in [5.74, 6) is 0.946. The largest absolute Gasteiger partial charge is 0.351 e. The Labute approximate surface area is 114 Å². The fraction of sp³-hybridized carbons (Fsp3) is 0.533. The van der Waals surface area contributed by atoms with Crippen LogP contribution in [0.1, 0.15) is 44.2 Å². The normalized spacial score (nSPS) is 16.7. The highest BCUT2D eigenvalue weighted by atomic mass is 16.2. The number of anilines is 1. The highest BCUT2D eigenvalue weighted by Crippen LogP contribution is 2.29. The molecular weight excluding hydrogens is 238 g/mol. The van der Waals surface area contributed by atoms with Gasteiger partial charge >= 0.3 is 6.03 Å². The van der Waals surface area contributed by atoms with Gasteiger partial charge in [-0.1, -0.05) is 31.4 Å². The number of benzene rings is 1. The Morgan fingerprint density at radius 1 is 1.37 bits per heavy atom. The molecule has 1 aromatic rings. The van der Waals surface area contributed by atoms with Gasteiger partial charge in [0.05, 0.1) is 0 Å². The van der Waals surface area contributed by atoms with Crippen molar-refractivity contribution in [2.75, 3.05) is 11.9 Å². The van der Waals surface area contributed by atoms with Crippen molar-refractivity contribution >= 4 is 11.7 Å². The van der Waals surface area contributed by atoms with Crippen molar-refractivity contribution in [3.05, 3.63) is 29.8 Å². The maximum absolute atomic E-state index is 10.7. The first-order valence-corrected chi connectivity index (χ1v) is 7.05. The third-order valence-corrected chi connectivity index (χ3v) is 3.91. The number of carbonyl (C=O) groups excluding carboxylic acids is 1.